The zero-order valence-electron chi connectivity index (χ0n) is 10.1. The number of hydrogen-bond acceptors (Lipinski definition) is 4. The largest absolute Gasteiger partial charge is 0.393 e. The molecule has 1 heterocycles. The van der Waals surface area contributed by atoms with Crippen molar-refractivity contribution in [3.05, 3.63) is 14.9 Å². The summed E-state index contributed by atoms with van der Waals surface area (Å²) in [6.45, 7) is 0.368. The van der Waals surface area contributed by atoms with Gasteiger partial charge in [0.2, 0.25) is 10.0 Å². The van der Waals surface area contributed by atoms with E-state index >= 15 is 0 Å². The van der Waals surface area contributed by atoms with Crippen LogP contribution in [0.3, 0.4) is 0 Å². The van der Waals surface area contributed by atoms with Crippen LogP contribution in [0.25, 0.3) is 0 Å². The maximum atomic E-state index is 12.1. The second-order valence-electron chi connectivity index (χ2n) is 4.73. The molecule has 2 rings (SSSR count). The van der Waals surface area contributed by atoms with Crippen LogP contribution < -0.4 is 4.72 Å². The van der Waals surface area contributed by atoms with Crippen LogP contribution in [-0.2, 0) is 10.0 Å². The summed E-state index contributed by atoms with van der Waals surface area (Å²) >= 11 is 10.1. The second kappa shape index (κ2) is 6.41. The van der Waals surface area contributed by atoms with Crippen molar-refractivity contribution >= 4 is 48.9 Å². The molecule has 0 bridgehead atoms. The summed E-state index contributed by atoms with van der Waals surface area (Å²) in [5, 5.41) is 9.97. The minimum absolute atomic E-state index is 0.206. The van der Waals surface area contributed by atoms with E-state index in [1.54, 1.807) is 0 Å². The van der Waals surface area contributed by atoms with Crippen LogP contribution in [0.2, 0.25) is 5.02 Å². The number of halogens is 2. The number of hydrogen-bond donors (Lipinski definition) is 2. The Balaban J connectivity index is 1.98. The predicted octanol–water partition coefficient (Wildman–Crippen LogP) is 2.99. The molecule has 1 aromatic heterocycles. The van der Waals surface area contributed by atoms with E-state index in [9.17, 15) is 13.5 Å². The number of nitrogens with one attached hydrogen (secondary N) is 1. The normalized spacial score (nSPS) is 24.6. The molecule has 2 atom stereocenters. The van der Waals surface area contributed by atoms with Crippen molar-refractivity contribution in [2.24, 2.45) is 5.92 Å². The molecule has 0 spiro atoms. The van der Waals surface area contributed by atoms with Gasteiger partial charge >= 0.3 is 0 Å². The molecule has 4 nitrogen and oxygen atoms in total. The highest BCUT2D eigenvalue weighted by molar-refractivity contribution is 9.11. The predicted molar refractivity (Wildman–Crippen MR) is 80.2 cm³/mol. The van der Waals surface area contributed by atoms with Crippen molar-refractivity contribution in [3.63, 3.8) is 0 Å². The van der Waals surface area contributed by atoms with E-state index in [4.69, 9.17) is 11.6 Å². The zero-order valence-corrected chi connectivity index (χ0v) is 14.1. The van der Waals surface area contributed by atoms with Gasteiger partial charge in [0.25, 0.3) is 0 Å². The molecule has 8 heteroatoms. The molecule has 2 N–H and O–H groups in total. The molecule has 1 aliphatic rings. The SMILES string of the molecule is O=S(=O)(NCC1CCCC(O)C1)c1cc(Cl)c(Br)s1. The molecule has 1 aliphatic carbocycles. The molecule has 0 aromatic carbocycles. The van der Waals surface area contributed by atoms with Crippen LogP contribution >= 0.6 is 38.9 Å². The molecule has 2 unspecified atom stereocenters. The molecule has 0 amide bonds. The summed E-state index contributed by atoms with van der Waals surface area (Å²) in [4.78, 5) is 0. The van der Waals surface area contributed by atoms with Gasteiger partial charge < -0.3 is 5.11 Å². The standard InChI is InChI=1S/C11H15BrClNO3S2/c12-11-9(13)5-10(18-11)19(16,17)14-6-7-2-1-3-8(15)4-7/h5,7-8,14-15H,1-4,6H2. The van der Waals surface area contributed by atoms with E-state index in [1.807, 2.05) is 0 Å². The molecule has 19 heavy (non-hydrogen) atoms. The Labute approximate surface area is 130 Å². The molecule has 1 aromatic rings. The third-order valence-corrected chi connectivity index (χ3v) is 7.58. The van der Waals surface area contributed by atoms with Gasteiger partial charge in [0, 0.05) is 6.54 Å². The first-order valence-electron chi connectivity index (χ1n) is 6.01. The van der Waals surface area contributed by atoms with Crippen LogP contribution in [0.1, 0.15) is 25.7 Å². The molecule has 1 fully saturated rings. The first-order valence-corrected chi connectivity index (χ1v) is 9.48. The highest BCUT2D eigenvalue weighted by Gasteiger charge is 2.24. The second-order valence-corrected chi connectivity index (χ2v) is 9.50. The van der Waals surface area contributed by atoms with Crippen molar-refractivity contribution in [1.82, 2.24) is 4.72 Å². The van der Waals surface area contributed by atoms with Gasteiger partial charge in [-0.1, -0.05) is 18.0 Å². The van der Waals surface area contributed by atoms with Crippen LogP contribution in [0.5, 0.6) is 0 Å². The quantitative estimate of drug-likeness (QED) is 0.833. The lowest BCUT2D eigenvalue weighted by atomic mass is 9.87. The van der Waals surface area contributed by atoms with E-state index < -0.39 is 10.0 Å². The smallest absolute Gasteiger partial charge is 0.250 e. The Kier molecular flexibility index (Phi) is 5.30. The molecule has 0 radical (unpaired) electrons. The van der Waals surface area contributed by atoms with Gasteiger partial charge in [0.15, 0.2) is 0 Å². The van der Waals surface area contributed by atoms with E-state index in [2.05, 4.69) is 20.7 Å². The van der Waals surface area contributed by atoms with Gasteiger partial charge in [0.1, 0.15) is 4.21 Å². The lowest BCUT2D eigenvalue weighted by Gasteiger charge is -2.25. The lowest BCUT2D eigenvalue weighted by molar-refractivity contribution is 0.102. The molecule has 0 saturated heterocycles. The van der Waals surface area contributed by atoms with Gasteiger partial charge in [-0.3, -0.25) is 0 Å². The topological polar surface area (TPSA) is 66.4 Å². The summed E-state index contributed by atoms with van der Waals surface area (Å²) in [7, 11) is -3.51. The highest BCUT2D eigenvalue weighted by Crippen LogP contribution is 2.34. The minimum Gasteiger partial charge on any atom is -0.393 e. The third kappa shape index (κ3) is 4.15. The number of thiophene rings is 1. The fraction of sp³-hybridized carbons (Fsp3) is 0.636. The minimum atomic E-state index is -3.51. The Morgan fingerprint density at radius 1 is 1.53 bits per heavy atom. The summed E-state index contributed by atoms with van der Waals surface area (Å²) in [5.41, 5.74) is 0. The van der Waals surface area contributed by atoms with Crippen molar-refractivity contribution < 1.29 is 13.5 Å². The van der Waals surface area contributed by atoms with Crippen LogP contribution in [0, 0.1) is 5.92 Å². The fourth-order valence-electron chi connectivity index (χ4n) is 2.21. The number of rotatable bonds is 4. The van der Waals surface area contributed by atoms with Crippen molar-refractivity contribution in [1.29, 1.82) is 0 Å². The molecular formula is C11H15BrClNO3S2. The van der Waals surface area contributed by atoms with Gasteiger partial charge in [-0.2, -0.15) is 0 Å². The third-order valence-electron chi connectivity index (χ3n) is 3.20. The van der Waals surface area contributed by atoms with Crippen molar-refractivity contribution in [3.8, 4) is 0 Å². The van der Waals surface area contributed by atoms with Crippen LogP contribution in [0.15, 0.2) is 14.1 Å². The van der Waals surface area contributed by atoms with Crippen molar-refractivity contribution in [2.45, 2.75) is 36.0 Å². The van der Waals surface area contributed by atoms with Gasteiger partial charge in [-0.05, 0) is 47.2 Å². The molecule has 108 valence electrons. The average molecular weight is 389 g/mol. The average Bonchev–Trinajstić information content (AvgIpc) is 2.68. The zero-order chi connectivity index (χ0) is 14.0. The first kappa shape index (κ1) is 15.7. The maximum Gasteiger partial charge on any atom is 0.250 e. The number of sulfonamides is 1. The Morgan fingerprint density at radius 3 is 2.84 bits per heavy atom. The number of aliphatic hydroxyl groups excluding tert-OH is 1. The summed E-state index contributed by atoms with van der Waals surface area (Å²) < 4.78 is 27.6. The van der Waals surface area contributed by atoms with Gasteiger partial charge in [-0.25, -0.2) is 13.1 Å². The molecule has 0 aliphatic heterocycles. The Bertz CT molecular complexity index is 527. The van der Waals surface area contributed by atoms with E-state index in [-0.39, 0.29) is 16.2 Å². The van der Waals surface area contributed by atoms with E-state index in [0.717, 1.165) is 30.6 Å². The Morgan fingerprint density at radius 2 is 2.26 bits per heavy atom. The lowest BCUT2D eigenvalue weighted by Crippen LogP contribution is -2.32. The molecule has 1 saturated carbocycles. The summed E-state index contributed by atoms with van der Waals surface area (Å²) in [6, 6.07) is 1.44. The Hall–Kier alpha value is 0.340. The van der Waals surface area contributed by atoms with Gasteiger partial charge in [-0.15, -0.1) is 11.3 Å². The fourth-order valence-corrected chi connectivity index (χ4v) is 5.76. The van der Waals surface area contributed by atoms with E-state index in [1.165, 1.54) is 6.07 Å². The maximum absolute atomic E-state index is 12.1. The first-order chi connectivity index (χ1) is 8.88. The summed E-state index contributed by atoms with van der Waals surface area (Å²) in [6.07, 6.45) is 3.08. The summed E-state index contributed by atoms with van der Waals surface area (Å²) in [5.74, 6) is 0.206. The van der Waals surface area contributed by atoms with Gasteiger partial charge in [0.05, 0.1) is 14.9 Å². The van der Waals surface area contributed by atoms with Crippen LogP contribution in [-0.4, -0.2) is 26.2 Å². The monoisotopic (exact) mass is 387 g/mol. The highest BCUT2D eigenvalue weighted by atomic mass is 79.9. The number of aliphatic hydroxyl groups is 1. The van der Waals surface area contributed by atoms with E-state index in [0.29, 0.717) is 21.8 Å². The van der Waals surface area contributed by atoms with Crippen LogP contribution in [0.4, 0.5) is 0 Å². The molecular weight excluding hydrogens is 374 g/mol. The van der Waals surface area contributed by atoms with Crippen molar-refractivity contribution in [2.75, 3.05) is 6.54 Å².